The molecule has 0 bridgehead atoms. The summed E-state index contributed by atoms with van der Waals surface area (Å²) in [7, 11) is 0. The van der Waals surface area contributed by atoms with E-state index in [1.54, 1.807) is 0 Å². The first-order chi connectivity index (χ1) is 6.05. The molecule has 0 atom stereocenters. The Labute approximate surface area is 73.1 Å². The highest BCUT2D eigenvalue weighted by molar-refractivity contribution is 5.27. The van der Waals surface area contributed by atoms with Gasteiger partial charge in [-0.3, -0.25) is 9.98 Å². The lowest BCUT2D eigenvalue weighted by atomic mass is 10.2. The molecule has 0 saturated carbocycles. The number of halogens is 3. The van der Waals surface area contributed by atoms with Crippen LogP contribution in [0.2, 0.25) is 0 Å². The molecule has 5 heteroatoms. The van der Waals surface area contributed by atoms with Crippen LogP contribution in [0.5, 0.6) is 0 Å². The molecule has 0 spiro atoms. The third kappa shape index (κ3) is 2.27. The fourth-order valence-corrected chi connectivity index (χ4v) is 0.942. The molecule has 2 nitrogen and oxygen atoms in total. The molecular formula is C8H7F3N2. The van der Waals surface area contributed by atoms with Gasteiger partial charge in [-0.25, -0.2) is 0 Å². The number of nitrogens with zero attached hydrogens (tertiary/aromatic N) is 2. The second-order valence-electron chi connectivity index (χ2n) is 2.39. The molecule has 0 amide bonds. The lowest BCUT2D eigenvalue weighted by Gasteiger charge is -2.08. The van der Waals surface area contributed by atoms with E-state index in [2.05, 4.69) is 16.7 Å². The third-order valence-corrected chi connectivity index (χ3v) is 1.44. The lowest BCUT2D eigenvalue weighted by Crippen LogP contribution is -2.11. The van der Waals surface area contributed by atoms with Crippen molar-refractivity contribution in [2.75, 3.05) is 0 Å². The van der Waals surface area contributed by atoms with Crippen LogP contribution in [0.3, 0.4) is 0 Å². The fourth-order valence-electron chi connectivity index (χ4n) is 0.942. The van der Waals surface area contributed by atoms with E-state index in [0.29, 0.717) is 0 Å². The molecule has 0 fully saturated rings. The molecule has 0 N–H and O–H groups in total. The normalized spacial score (nSPS) is 11.3. The number of pyridine rings is 1. The van der Waals surface area contributed by atoms with Crippen molar-refractivity contribution in [3.8, 4) is 0 Å². The summed E-state index contributed by atoms with van der Waals surface area (Å²) in [5, 5.41) is 0. The van der Waals surface area contributed by atoms with Gasteiger partial charge in [-0.2, -0.15) is 13.2 Å². The van der Waals surface area contributed by atoms with Crippen molar-refractivity contribution in [3.05, 3.63) is 29.6 Å². The summed E-state index contributed by atoms with van der Waals surface area (Å²) in [5.41, 5.74) is -0.840. The summed E-state index contributed by atoms with van der Waals surface area (Å²) >= 11 is 0. The maximum absolute atomic E-state index is 12.2. The largest absolute Gasteiger partial charge is 0.433 e. The van der Waals surface area contributed by atoms with E-state index < -0.39 is 11.9 Å². The molecule has 0 aliphatic carbocycles. The molecule has 0 unspecified atom stereocenters. The highest BCUT2D eigenvalue weighted by atomic mass is 19.4. The Morgan fingerprint density at radius 1 is 1.46 bits per heavy atom. The minimum atomic E-state index is -4.42. The van der Waals surface area contributed by atoms with Crippen LogP contribution in [0, 0.1) is 0 Å². The second-order valence-corrected chi connectivity index (χ2v) is 2.39. The van der Waals surface area contributed by atoms with E-state index in [1.165, 1.54) is 12.1 Å². The topological polar surface area (TPSA) is 25.2 Å². The third-order valence-electron chi connectivity index (χ3n) is 1.44. The molecule has 13 heavy (non-hydrogen) atoms. The number of hydrogen-bond donors (Lipinski definition) is 0. The van der Waals surface area contributed by atoms with Crippen LogP contribution >= 0.6 is 0 Å². The molecule has 1 aromatic rings. The van der Waals surface area contributed by atoms with Gasteiger partial charge in [0.1, 0.15) is 5.69 Å². The molecule has 70 valence electrons. The Kier molecular flexibility index (Phi) is 2.65. The summed E-state index contributed by atoms with van der Waals surface area (Å²) in [6.07, 6.45) is -3.31. The van der Waals surface area contributed by atoms with E-state index in [0.717, 1.165) is 6.20 Å². The first kappa shape index (κ1) is 9.70. The summed E-state index contributed by atoms with van der Waals surface area (Å²) in [4.78, 5) is 6.65. The van der Waals surface area contributed by atoms with Crippen molar-refractivity contribution in [3.63, 3.8) is 0 Å². The van der Waals surface area contributed by atoms with Crippen LogP contribution in [0.15, 0.2) is 23.3 Å². The summed E-state index contributed by atoms with van der Waals surface area (Å²) in [6, 6.07) is 2.78. The minimum absolute atomic E-state index is 0.0463. The highest BCUT2D eigenvalue weighted by Gasteiger charge is 2.34. The zero-order valence-electron chi connectivity index (χ0n) is 6.67. The monoisotopic (exact) mass is 188 g/mol. The molecule has 0 aliphatic heterocycles. The zero-order valence-corrected chi connectivity index (χ0v) is 6.67. The van der Waals surface area contributed by atoms with E-state index in [1.807, 2.05) is 0 Å². The van der Waals surface area contributed by atoms with E-state index in [-0.39, 0.29) is 12.1 Å². The Balaban J connectivity index is 3.11. The molecule has 1 rings (SSSR count). The van der Waals surface area contributed by atoms with Crippen LogP contribution in [0.4, 0.5) is 13.2 Å². The second kappa shape index (κ2) is 3.55. The van der Waals surface area contributed by atoms with Crippen LogP contribution in [0.25, 0.3) is 0 Å². The predicted molar refractivity (Wildman–Crippen MR) is 42.5 cm³/mol. The Bertz CT molecular complexity index is 307. The maximum Gasteiger partial charge on any atom is 0.433 e. The smallest absolute Gasteiger partial charge is 0.296 e. The quantitative estimate of drug-likeness (QED) is 0.653. The molecule has 0 saturated heterocycles. The van der Waals surface area contributed by atoms with Gasteiger partial charge >= 0.3 is 6.18 Å². The highest BCUT2D eigenvalue weighted by Crippen LogP contribution is 2.30. The number of aliphatic imine (C=N–C) groups is 1. The molecule has 1 heterocycles. The summed E-state index contributed by atoms with van der Waals surface area (Å²) in [6.45, 7) is 3.07. The van der Waals surface area contributed by atoms with Gasteiger partial charge in [-0.05, 0) is 12.8 Å². The Morgan fingerprint density at radius 2 is 2.15 bits per heavy atom. The van der Waals surface area contributed by atoms with Crippen LogP contribution in [-0.2, 0) is 12.7 Å². The van der Waals surface area contributed by atoms with E-state index in [9.17, 15) is 13.2 Å². The Hall–Kier alpha value is -1.39. The van der Waals surface area contributed by atoms with Crippen LogP contribution in [-0.4, -0.2) is 11.7 Å². The minimum Gasteiger partial charge on any atom is -0.296 e. The van der Waals surface area contributed by atoms with E-state index in [4.69, 9.17) is 0 Å². The van der Waals surface area contributed by atoms with Gasteiger partial charge < -0.3 is 0 Å². The average Bonchev–Trinajstić information content (AvgIpc) is 2.04. The first-order valence-corrected chi connectivity index (χ1v) is 3.49. The van der Waals surface area contributed by atoms with Crippen molar-refractivity contribution in [2.45, 2.75) is 12.7 Å². The molecule has 0 aromatic carbocycles. The lowest BCUT2D eigenvalue weighted by molar-refractivity contribution is -0.141. The molecular weight excluding hydrogens is 181 g/mol. The predicted octanol–water partition coefficient (Wildman–Crippen LogP) is 2.30. The van der Waals surface area contributed by atoms with Crippen molar-refractivity contribution in [2.24, 2.45) is 4.99 Å². The standard InChI is InChI=1S/C8H7F3N2/c1-12-5-6-3-2-4-13-7(6)8(9,10)11/h2-4H,1,5H2. The SMILES string of the molecule is C=NCc1cccnc1C(F)(F)F. The van der Waals surface area contributed by atoms with Gasteiger partial charge in [0.15, 0.2) is 0 Å². The fraction of sp³-hybridized carbons (Fsp3) is 0.250. The summed E-state index contributed by atoms with van der Waals surface area (Å²) in [5.74, 6) is 0. The van der Waals surface area contributed by atoms with Crippen molar-refractivity contribution < 1.29 is 13.2 Å². The van der Waals surface area contributed by atoms with E-state index >= 15 is 0 Å². The number of rotatable bonds is 2. The number of hydrogen-bond acceptors (Lipinski definition) is 2. The number of aromatic nitrogens is 1. The Morgan fingerprint density at radius 3 is 2.69 bits per heavy atom. The maximum atomic E-state index is 12.2. The molecule has 0 radical (unpaired) electrons. The van der Waals surface area contributed by atoms with Crippen molar-refractivity contribution >= 4 is 6.72 Å². The van der Waals surface area contributed by atoms with Gasteiger partial charge in [0.2, 0.25) is 0 Å². The van der Waals surface area contributed by atoms with Gasteiger partial charge in [0.25, 0.3) is 0 Å². The van der Waals surface area contributed by atoms with Crippen LogP contribution < -0.4 is 0 Å². The zero-order chi connectivity index (χ0) is 9.90. The van der Waals surface area contributed by atoms with Gasteiger partial charge in [-0.15, -0.1) is 0 Å². The van der Waals surface area contributed by atoms with Crippen molar-refractivity contribution in [1.82, 2.24) is 4.98 Å². The number of alkyl halides is 3. The first-order valence-electron chi connectivity index (χ1n) is 3.49. The summed E-state index contributed by atoms with van der Waals surface area (Å²) < 4.78 is 36.7. The van der Waals surface area contributed by atoms with Gasteiger partial charge in [0, 0.05) is 11.8 Å². The molecule has 1 aromatic heterocycles. The van der Waals surface area contributed by atoms with Gasteiger partial charge in [-0.1, -0.05) is 6.07 Å². The molecule has 0 aliphatic rings. The average molecular weight is 188 g/mol. The van der Waals surface area contributed by atoms with Gasteiger partial charge in [0.05, 0.1) is 6.54 Å². The van der Waals surface area contributed by atoms with Crippen LogP contribution in [0.1, 0.15) is 11.3 Å². The van der Waals surface area contributed by atoms with Crippen molar-refractivity contribution in [1.29, 1.82) is 0 Å².